The molecule has 0 saturated heterocycles. The van der Waals surface area contributed by atoms with Crippen molar-refractivity contribution in [2.24, 2.45) is 0 Å². The summed E-state index contributed by atoms with van der Waals surface area (Å²) in [6.07, 6.45) is 0.430. The first-order valence-corrected chi connectivity index (χ1v) is 11.3. The zero-order valence-corrected chi connectivity index (χ0v) is 19.3. The van der Waals surface area contributed by atoms with E-state index in [1.54, 1.807) is 31.2 Å². The van der Waals surface area contributed by atoms with Crippen molar-refractivity contribution in [1.82, 2.24) is 5.16 Å². The molecule has 0 atom stereocenters. The highest BCUT2D eigenvalue weighted by atomic mass is 19.1. The van der Waals surface area contributed by atoms with Crippen LogP contribution < -0.4 is 0 Å². The molecule has 0 aliphatic rings. The first kappa shape index (κ1) is 22.5. The summed E-state index contributed by atoms with van der Waals surface area (Å²) in [6, 6.07) is 20.6. The normalized spacial score (nSPS) is 11.2. The lowest BCUT2D eigenvalue weighted by Gasteiger charge is -2.06. The van der Waals surface area contributed by atoms with Gasteiger partial charge in [-0.1, -0.05) is 36.3 Å². The summed E-state index contributed by atoms with van der Waals surface area (Å²) < 4.78 is 24.7. The predicted octanol–water partition coefficient (Wildman–Crippen LogP) is 7.22. The molecule has 0 unspecified atom stereocenters. The van der Waals surface area contributed by atoms with E-state index >= 15 is 0 Å². The third-order valence-corrected chi connectivity index (χ3v) is 5.92. The third-order valence-electron chi connectivity index (χ3n) is 5.92. The smallest absolute Gasteiger partial charge is 0.170 e. The number of ketones is 2. The molecule has 174 valence electrons. The number of fused-ring (bicyclic) bond motifs is 1. The number of furan rings is 1. The zero-order chi connectivity index (χ0) is 24.5. The van der Waals surface area contributed by atoms with E-state index in [0.29, 0.717) is 45.6 Å². The lowest BCUT2D eigenvalue weighted by molar-refractivity contribution is 0.0978. The minimum absolute atomic E-state index is 0.0634. The van der Waals surface area contributed by atoms with Crippen LogP contribution in [0.1, 0.15) is 45.5 Å². The number of nitrogens with zero attached hydrogens (tertiary/aromatic N) is 1. The van der Waals surface area contributed by atoms with Crippen LogP contribution in [0.4, 0.5) is 4.39 Å². The van der Waals surface area contributed by atoms with Gasteiger partial charge in [0.05, 0.1) is 17.7 Å². The average molecular weight is 467 g/mol. The average Bonchev–Trinajstić information content (AvgIpc) is 3.46. The van der Waals surface area contributed by atoms with Gasteiger partial charge in [0.15, 0.2) is 11.6 Å². The molecule has 0 aliphatic heterocycles. The van der Waals surface area contributed by atoms with Crippen LogP contribution >= 0.6 is 0 Å². The second kappa shape index (κ2) is 9.14. The van der Waals surface area contributed by atoms with Gasteiger partial charge in [0, 0.05) is 29.0 Å². The van der Waals surface area contributed by atoms with Crippen molar-refractivity contribution in [2.45, 2.75) is 26.7 Å². The summed E-state index contributed by atoms with van der Waals surface area (Å²) in [5, 5.41) is 4.52. The highest BCUT2D eigenvalue weighted by Gasteiger charge is 2.22. The molecule has 0 amide bonds. The maximum atomic E-state index is 13.5. The van der Waals surface area contributed by atoms with Gasteiger partial charge in [-0.25, -0.2) is 4.39 Å². The summed E-state index contributed by atoms with van der Waals surface area (Å²) in [7, 11) is 0. The maximum Gasteiger partial charge on any atom is 0.170 e. The van der Waals surface area contributed by atoms with Crippen LogP contribution in [-0.2, 0) is 6.42 Å². The first-order valence-electron chi connectivity index (χ1n) is 11.3. The molecule has 3 aromatic carbocycles. The van der Waals surface area contributed by atoms with E-state index in [1.807, 2.05) is 43.3 Å². The topological polar surface area (TPSA) is 73.3 Å². The number of Topliss-reactive ketones (excluding diaryl/α,β-unsaturated/α-hetero) is 2. The lowest BCUT2D eigenvalue weighted by atomic mass is 9.96. The van der Waals surface area contributed by atoms with Gasteiger partial charge < -0.3 is 8.94 Å². The molecule has 5 aromatic rings. The Hall–Kier alpha value is -4.32. The Bertz CT molecular complexity index is 1560. The molecular formula is C29H22FNO4. The second-order valence-corrected chi connectivity index (χ2v) is 8.42. The number of aryl methyl sites for hydroxylation is 1. The van der Waals surface area contributed by atoms with Gasteiger partial charge in [0.1, 0.15) is 22.9 Å². The summed E-state index contributed by atoms with van der Waals surface area (Å²) in [6.45, 7) is 3.60. The van der Waals surface area contributed by atoms with Crippen LogP contribution in [0.25, 0.3) is 33.4 Å². The van der Waals surface area contributed by atoms with Crippen molar-refractivity contribution in [2.75, 3.05) is 0 Å². The van der Waals surface area contributed by atoms with E-state index in [4.69, 9.17) is 8.94 Å². The minimum Gasteiger partial charge on any atom is -0.455 e. The number of hydrogen-bond acceptors (Lipinski definition) is 5. The second-order valence-electron chi connectivity index (χ2n) is 8.42. The number of halogens is 1. The lowest BCUT2D eigenvalue weighted by Crippen LogP contribution is -2.02. The largest absolute Gasteiger partial charge is 0.455 e. The van der Waals surface area contributed by atoms with E-state index in [2.05, 4.69) is 5.16 Å². The zero-order valence-electron chi connectivity index (χ0n) is 19.3. The summed E-state index contributed by atoms with van der Waals surface area (Å²) in [5.41, 5.74) is 4.65. The Kier molecular flexibility index (Phi) is 5.87. The number of rotatable bonds is 7. The van der Waals surface area contributed by atoms with Gasteiger partial charge in [0.2, 0.25) is 0 Å². The third kappa shape index (κ3) is 4.43. The molecule has 0 saturated carbocycles. The fourth-order valence-corrected chi connectivity index (χ4v) is 4.17. The van der Waals surface area contributed by atoms with Crippen molar-refractivity contribution >= 4 is 22.5 Å². The van der Waals surface area contributed by atoms with Crippen LogP contribution in [0.2, 0.25) is 0 Å². The van der Waals surface area contributed by atoms with Gasteiger partial charge in [-0.2, -0.15) is 0 Å². The number of benzene rings is 3. The molecule has 0 bridgehead atoms. The SMILES string of the molecule is CCC(=O)c1c(-c2ccc(F)cc2)oc2ccc(-c3cccc(C(=O)Cc4cc(C)no4)c3)cc12. The van der Waals surface area contributed by atoms with Crippen molar-refractivity contribution < 1.29 is 22.9 Å². The monoisotopic (exact) mass is 467 g/mol. The van der Waals surface area contributed by atoms with Crippen molar-refractivity contribution in [3.63, 3.8) is 0 Å². The van der Waals surface area contributed by atoms with E-state index in [-0.39, 0.29) is 23.8 Å². The summed E-state index contributed by atoms with van der Waals surface area (Å²) >= 11 is 0. The number of carbonyl (C=O) groups is 2. The molecule has 0 fully saturated rings. The maximum absolute atomic E-state index is 13.5. The summed E-state index contributed by atoms with van der Waals surface area (Å²) in [4.78, 5) is 25.7. The molecule has 35 heavy (non-hydrogen) atoms. The first-order chi connectivity index (χ1) is 16.9. The molecule has 0 aliphatic carbocycles. The van der Waals surface area contributed by atoms with Crippen LogP contribution in [0.5, 0.6) is 0 Å². The minimum atomic E-state index is -0.358. The van der Waals surface area contributed by atoms with E-state index in [1.165, 1.54) is 12.1 Å². The van der Waals surface area contributed by atoms with Crippen molar-refractivity contribution in [1.29, 1.82) is 0 Å². The van der Waals surface area contributed by atoms with E-state index in [0.717, 1.165) is 16.8 Å². The standard InChI is InChI=1S/C29H22FNO4/c1-3-25(32)28-24-15-20(9-12-27(24)34-29(28)18-7-10-22(30)11-8-18)19-5-4-6-21(14-19)26(33)16-23-13-17(2)31-35-23/h4-15H,3,16H2,1-2H3. The number of carbonyl (C=O) groups excluding carboxylic acids is 2. The molecule has 2 heterocycles. The molecule has 5 rings (SSSR count). The van der Waals surface area contributed by atoms with E-state index < -0.39 is 0 Å². The molecule has 0 spiro atoms. The Balaban J connectivity index is 1.55. The van der Waals surface area contributed by atoms with Crippen LogP contribution in [0.15, 0.2) is 81.7 Å². The van der Waals surface area contributed by atoms with Crippen molar-refractivity contribution in [3.8, 4) is 22.5 Å². The highest BCUT2D eigenvalue weighted by Crippen LogP contribution is 2.37. The Morgan fingerprint density at radius 1 is 0.886 bits per heavy atom. The van der Waals surface area contributed by atoms with Crippen LogP contribution in [0, 0.1) is 12.7 Å². The Morgan fingerprint density at radius 2 is 1.63 bits per heavy atom. The van der Waals surface area contributed by atoms with Crippen molar-refractivity contribution in [3.05, 3.63) is 101 Å². The molecule has 0 N–H and O–H groups in total. The van der Waals surface area contributed by atoms with Gasteiger partial charge in [-0.15, -0.1) is 0 Å². The number of aromatic nitrogens is 1. The van der Waals surface area contributed by atoms with E-state index in [9.17, 15) is 14.0 Å². The van der Waals surface area contributed by atoms with Crippen LogP contribution in [-0.4, -0.2) is 16.7 Å². The van der Waals surface area contributed by atoms with Crippen LogP contribution in [0.3, 0.4) is 0 Å². The molecule has 0 radical (unpaired) electrons. The van der Waals surface area contributed by atoms with Gasteiger partial charge in [-0.05, 0) is 60.5 Å². The number of hydrogen-bond donors (Lipinski definition) is 0. The van der Waals surface area contributed by atoms with Gasteiger partial charge in [-0.3, -0.25) is 9.59 Å². The molecule has 6 heteroatoms. The quantitative estimate of drug-likeness (QED) is 0.236. The Labute approximate surface area is 201 Å². The fraction of sp³-hybridized carbons (Fsp3) is 0.138. The highest BCUT2D eigenvalue weighted by molar-refractivity contribution is 6.12. The fourth-order valence-electron chi connectivity index (χ4n) is 4.17. The predicted molar refractivity (Wildman–Crippen MR) is 131 cm³/mol. The molecular weight excluding hydrogens is 445 g/mol. The molecule has 2 aromatic heterocycles. The summed E-state index contributed by atoms with van der Waals surface area (Å²) in [5.74, 6) is 0.451. The van der Waals surface area contributed by atoms with Gasteiger partial charge >= 0.3 is 0 Å². The molecule has 5 nitrogen and oxygen atoms in total. The van der Waals surface area contributed by atoms with Gasteiger partial charge in [0.25, 0.3) is 0 Å². The Morgan fingerprint density at radius 3 is 2.34 bits per heavy atom.